The van der Waals surface area contributed by atoms with Crippen molar-refractivity contribution in [1.29, 1.82) is 0 Å². The number of hydrogen-bond acceptors (Lipinski definition) is 7. The summed E-state index contributed by atoms with van der Waals surface area (Å²) >= 11 is 0. The maximum atomic E-state index is 13.4. The minimum Gasteiger partial charge on any atom is -0.504 e. The number of phenolic OH excluding ortho intramolecular Hbond substituents is 1. The third-order valence-electron chi connectivity index (χ3n) is 5.00. The average molecular weight is 503 g/mol. The Balaban J connectivity index is 2.18. The van der Waals surface area contributed by atoms with Crippen LogP contribution in [0.4, 0.5) is 4.39 Å². The van der Waals surface area contributed by atoms with E-state index in [-0.39, 0.29) is 40.9 Å². The first-order chi connectivity index (χ1) is 16.5. The highest BCUT2D eigenvalue weighted by Gasteiger charge is 2.23. The highest BCUT2D eigenvalue weighted by Crippen LogP contribution is 2.50. The molecule has 35 heavy (non-hydrogen) atoms. The first kappa shape index (κ1) is 25.9. The van der Waals surface area contributed by atoms with Gasteiger partial charge in [-0.25, -0.2) is 4.39 Å². The lowest BCUT2D eigenvalue weighted by molar-refractivity contribution is 0.347. The molecule has 0 atom stereocenters. The van der Waals surface area contributed by atoms with Crippen LogP contribution in [0.1, 0.15) is 13.8 Å². The molecule has 0 aromatic heterocycles. The number of rotatable bonds is 9. The summed E-state index contributed by atoms with van der Waals surface area (Å²) in [4.78, 5) is 0. The van der Waals surface area contributed by atoms with Gasteiger partial charge in [0, 0.05) is 5.56 Å². The Labute approximate surface area is 204 Å². The zero-order valence-electron chi connectivity index (χ0n) is 20.1. The zero-order valence-corrected chi connectivity index (χ0v) is 20.9. The Morgan fingerprint density at radius 1 is 0.943 bits per heavy atom. The fourth-order valence-electron chi connectivity index (χ4n) is 3.43. The Bertz CT molecular complexity index is 1340. The van der Waals surface area contributed by atoms with Crippen LogP contribution in [-0.2, 0) is 10.1 Å². The molecular formula is C26H27FO7S. The predicted octanol–water partition coefficient (Wildman–Crippen LogP) is 5.57. The molecule has 0 aliphatic rings. The first-order valence-electron chi connectivity index (χ1n) is 10.6. The van der Waals surface area contributed by atoms with Gasteiger partial charge in [-0.1, -0.05) is 23.8 Å². The van der Waals surface area contributed by atoms with Crippen LogP contribution in [0.3, 0.4) is 0 Å². The molecule has 0 saturated carbocycles. The summed E-state index contributed by atoms with van der Waals surface area (Å²) in [6, 6.07) is 12.0. The van der Waals surface area contributed by atoms with Gasteiger partial charge in [0.05, 0.1) is 26.0 Å². The van der Waals surface area contributed by atoms with Gasteiger partial charge in [0.2, 0.25) is 0 Å². The van der Waals surface area contributed by atoms with Crippen LogP contribution in [0.5, 0.6) is 28.7 Å². The molecule has 0 amide bonds. The van der Waals surface area contributed by atoms with Crippen LogP contribution < -0.4 is 18.4 Å². The minimum absolute atomic E-state index is 0.0461. The molecule has 1 N–H and O–H groups in total. The van der Waals surface area contributed by atoms with Gasteiger partial charge in [-0.15, -0.1) is 0 Å². The molecule has 0 spiro atoms. The van der Waals surface area contributed by atoms with Gasteiger partial charge < -0.3 is 23.5 Å². The lowest BCUT2D eigenvalue weighted by Crippen LogP contribution is -2.08. The van der Waals surface area contributed by atoms with Gasteiger partial charge in [0.1, 0.15) is 18.2 Å². The summed E-state index contributed by atoms with van der Waals surface area (Å²) in [6.45, 7) is 4.05. The molecule has 0 aliphatic carbocycles. The number of allylic oxidation sites excluding steroid dienone is 1. The zero-order chi connectivity index (χ0) is 25.8. The summed E-state index contributed by atoms with van der Waals surface area (Å²) in [5.41, 5.74) is 2.78. The van der Waals surface area contributed by atoms with Gasteiger partial charge in [0.25, 0.3) is 0 Å². The van der Waals surface area contributed by atoms with E-state index in [0.29, 0.717) is 16.7 Å². The van der Waals surface area contributed by atoms with Crippen molar-refractivity contribution in [3.8, 4) is 51.0 Å². The van der Waals surface area contributed by atoms with Crippen molar-refractivity contribution in [3.63, 3.8) is 0 Å². The number of aromatic hydroxyl groups is 1. The maximum Gasteiger partial charge on any atom is 0.306 e. The number of ether oxygens (including phenoxy) is 3. The van der Waals surface area contributed by atoms with Crippen molar-refractivity contribution in [1.82, 2.24) is 0 Å². The third kappa shape index (κ3) is 6.24. The summed E-state index contributed by atoms with van der Waals surface area (Å²) in [6.07, 6.45) is 2.77. The third-order valence-corrected chi connectivity index (χ3v) is 5.48. The lowest BCUT2D eigenvalue weighted by atomic mass is 9.96. The Morgan fingerprint density at radius 3 is 2.17 bits per heavy atom. The van der Waals surface area contributed by atoms with Crippen molar-refractivity contribution in [2.45, 2.75) is 13.8 Å². The molecule has 3 aromatic carbocycles. The molecule has 0 bridgehead atoms. The molecule has 186 valence electrons. The van der Waals surface area contributed by atoms with Crippen LogP contribution in [0.2, 0.25) is 0 Å². The summed E-state index contributed by atoms with van der Waals surface area (Å²) < 4.78 is 59.1. The number of methoxy groups -OCH3 is 2. The van der Waals surface area contributed by atoms with E-state index in [1.54, 1.807) is 30.3 Å². The topological polar surface area (TPSA) is 91.3 Å². The average Bonchev–Trinajstić information content (AvgIpc) is 2.78. The van der Waals surface area contributed by atoms with E-state index in [0.717, 1.165) is 11.8 Å². The Kier molecular flexibility index (Phi) is 7.91. The van der Waals surface area contributed by atoms with E-state index in [2.05, 4.69) is 0 Å². The number of hydrogen-bond donors (Lipinski definition) is 1. The van der Waals surface area contributed by atoms with Gasteiger partial charge >= 0.3 is 10.1 Å². The van der Waals surface area contributed by atoms with Crippen LogP contribution in [0.25, 0.3) is 22.3 Å². The number of benzene rings is 3. The SMILES string of the molecule is COc1cc(-c2ccc(F)cc2)c(OC)c(O)c1-c1ccc(OCC=C(C)C)c(OS(C)(=O)=O)c1. The summed E-state index contributed by atoms with van der Waals surface area (Å²) in [7, 11) is -1.04. The van der Waals surface area contributed by atoms with Crippen molar-refractivity contribution in [2.75, 3.05) is 27.1 Å². The minimum atomic E-state index is -3.87. The van der Waals surface area contributed by atoms with E-state index in [4.69, 9.17) is 18.4 Å². The van der Waals surface area contributed by atoms with E-state index in [1.165, 1.54) is 32.4 Å². The largest absolute Gasteiger partial charge is 0.504 e. The molecular weight excluding hydrogens is 475 g/mol. The van der Waals surface area contributed by atoms with E-state index >= 15 is 0 Å². The normalized spacial score (nSPS) is 11.0. The molecule has 3 rings (SSSR count). The lowest BCUT2D eigenvalue weighted by Gasteiger charge is -2.19. The molecule has 0 radical (unpaired) electrons. The molecule has 0 unspecified atom stereocenters. The van der Waals surface area contributed by atoms with E-state index in [9.17, 15) is 17.9 Å². The van der Waals surface area contributed by atoms with Gasteiger partial charge in [-0.2, -0.15) is 8.42 Å². The van der Waals surface area contributed by atoms with Crippen LogP contribution in [0, 0.1) is 5.82 Å². The second-order valence-corrected chi connectivity index (χ2v) is 9.51. The van der Waals surface area contributed by atoms with Crippen molar-refractivity contribution in [2.24, 2.45) is 0 Å². The summed E-state index contributed by atoms with van der Waals surface area (Å²) in [5.74, 6) is -0.0475. The van der Waals surface area contributed by atoms with Crippen LogP contribution in [-0.4, -0.2) is 40.6 Å². The van der Waals surface area contributed by atoms with E-state index < -0.39 is 15.9 Å². The van der Waals surface area contributed by atoms with E-state index in [1.807, 2.05) is 19.9 Å². The smallest absolute Gasteiger partial charge is 0.306 e. The van der Waals surface area contributed by atoms with Crippen molar-refractivity contribution in [3.05, 3.63) is 66.0 Å². The Morgan fingerprint density at radius 2 is 1.60 bits per heavy atom. The molecule has 7 nitrogen and oxygen atoms in total. The molecule has 0 fully saturated rings. The monoisotopic (exact) mass is 502 g/mol. The quantitative estimate of drug-likeness (QED) is 0.302. The molecule has 0 saturated heterocycles. The fraction of sp³-hybridized carbons (Fsp3) is 0.231. The Hall–Kier alpha value is -3.72. The molecule has 9 heteroatoms. The standard InChI is InChI=1S/C26H27FO7S/c1-16(2)12-13-33-21-11-8-18(14-22(21)34-35(5,29)30)24-23(31-3)15-20(26(32-4)25(24)28)17-6-9-19(27)10-7-17/h6-12,14-15,28H,13H2,1-5H3. The predicted molar refractivity (Wildman–Crippen MR) is 132 cm³/mol. The van der Waals surface area contributed by atoms with Crippen LogP contribution >= 0.6 is 0 Å². The first-order valence-corrected chi connectivity index (χ1v) is 12.4. The van der Waals surface area contributed by atoms with Gasteiger partial charge in [0.15, 0.2) is 23.0 Å². The highest BCUT2D eigenvalue weighted by molar-refractivity contribution is 7.86. The molecule has 0 aliphatic heterocycles. The maximum absolute atomic E-state index is 13.4. The second-order valence-electron chi connectivity index (χ2n) is 7.93. The second kappa shape index (κ2) is 10.7. The van der Waals surface area contributed by atoms with Crippen molar-refractivity contribution < 1.29 is 36.3 Å². The number of halogens is 1. The van der Waals surface area contributed by atoms with Gasteiger partial charge in [-0.05, 0) is 61.4 Å². The van der Waals surface area contributed by atoms with Crippen LogP contribution in [0.15, 0.2) is 60.2 Å². The molecule has 3 aromatic rings. The fourth-order valence-corrected chi connectivity index (χ4v) is 3.88. The highest BCUT2D eigenvalue weighted by atomic mass is 32.2. The molecule has 0 heterocycles. The van der Waals surface area contributed by atoms with Gasteiger partial charge in [-0.3, -0.25) is 0 Å². The number of phenols is 1. The van der Waals surface area contributed by atoms with Crippen molar-refractivity contribution >= 4 is 10.1 Å². The summed E-state index contributed by atoms with van der Waals surface area (Å²) in [5, 5.41) is 11.2.